The number of para-hydroxylation sites is 1. The Hall–Kier alpha value is -1.84. The summed E-state index contributed by atoms with van der Waals surface area (Å²) in [5, 5.41) is 10.4. The fourth-order valence-corrected chi connectivity index (χ4v) is 1.47. The number of fused-ring (bicyclic) bond motifs is 2. The molecular weight excluding hydrogens is 166 g/mol. The summed E-state index contributed by atoms with van der Waals surface area (Å²) in [6, 6.07) is 7.91. The maximum Gasteiger partial charge on any atom is 0.262 e. The second-order valence-corrected chi connectivity index (χ2v) is 2.96. The molecule has 1 aromatic carbocycles. The molecule has 0 amide bonds. The first kappa shape index (κ1) is 6.65. The van der Waals surface area contributed by atoms with E-state index in [1.165, 1.54) is 0 Å². The third-order valence-corrected chi connectivity index (χ3v) is 2.12. The summed E-state index contributed by atoms with van der Waals surface area (Å²) < 4.78 is 5.51. The Morgan fingerprint density at radius 2 is 2.15 bits per heavy atom. The number of nitrogens with zero attached hydrogens (tertiary/aromatic N) is 2. The van der Waals surface area contributed by atoms with Crippen LogP contribution in [0.25, 0.3) is 0 Å². The maximum absolute atomic E-state index is 5.51. The molecule has 0 aliphatic carbocycles. The van der Waals surface area contributed by atoms with Gasteiger partial charge < -0.3 is 4.74 Å². The molecule has 0 bridgehead atoms. The van der Waals surface area contributed by atoms with Gasteiger partial charge in [0, 0.05) is 12.0 Å². The molecule has 0 radical (unpaired) electrons. The molecule has 0 atom stereocenters. The van der Waals surface area contributed by atoms with Crippen LogP contribution in [-0.2, 0) is 6.42 Å². The van der Waals surface area contributed by atoms with Gasteiger partial charge in [0.25, 0.3) is 5.88 Å². The SMILES string of the molecule is c1ccc2c(c1)Cc1n[nH]nc1O2. The average molecular weight is 173 g/mol. The lowest BCUT2D eigenvalue weighted by Crippen LogP contribution is -2.01. The maximum atomic E-state index is 5.51. The molecule has 2 aromatic rings. The Bertz CT molecular complexity index is 410. The number of rotatable bonds is 0. The van der Waals surface area contributed by atoms with Crippen LogP contribution in [0.2, 0.25) is 0 Å². The Labute approximate surface area is 74.5 Å². The van der Waals surface area contributed by atoms with Crippen LogP contribution in [0, 0.1) is 0 Å². The normalized spacial score (nSPS) is 12.9. The highest BCUT2D eigenvalue weighted by Gasteiger charge is 2.19. The van der Waals surface area contributed by atoms with Crippen LogP contribution in [0.1, 0.15) is 11.3 Å². The largest absolute Gasteiger partial charge is 0.436 e. The fraction of sp³-hybridized carbons (Fsp3) is 0.111. The fourth-order valence-electron chi connectivity index (χ4n) is 1.47. The Balaban J connectivity index is 2.14. The number of aromatic nitrogens is 3. The minimum atomic E-state index is 0.596. The number of benzene rings is 1. The van der Waals surface area contributed by atoms with E-state index in [0.29, 0.717) is 5.88 Å². The second kappa shape index (κ2) is 2.32. The van der Waals surface area contributed by atoms with Crippen molar-refractivity contribution in [2.75, 3.05) is 0 Å². The number of H-pyrrole nitrogens is 1. The standard InChI is InChI=1S/C9H7N3O/c1-2-4-8-6(3-1)5-7-9(13-8)11-12-10-7/h1-4H,5H2,(H,10,11,12). The van der Waals surface area contributed by atoms with E-state index in [2.05, 4.69) is 15.4 Å². The van der Waals surface area contributed by atoms with Crippen LogP contribution >= 0.6 is 0 Å². The van der Waals surface area contributed by atoms with Crippen LogP contribution < -0.4 is 4.74 Å². The highest BCUT2D eigenvalue weighted by Crippen LogP contribution is 2.32. The number of hydrogen-bond acceptors (Lipinski definition) is 3. The van der Waals surface area contributed by atoms with Gasteiger partial charge in [-0.2, -0.15) is 10.3 Å². The third-order valence-electron chi connectivity index (χ3n) is 2.12. The van der Waals surface area contributed by atoms with Gasteiger partial charge in [-0.15, -0.1) is 5.10 Å². The summed E-state index contributed by atoms with van der Waals surface area (Å²) in [6.45, 7) is 0. The van der Waals surface area contributed by atoms with Crippen molar-refractivity contribution in [3.05, 3.63) is 35.5 Å². The number of aromatic amines is 1. The summed E-state index contributed by atoms with van der Waals surface area (Å²) in [5.74, 6) is 1.47. The summed E-state index contributed by atoms with van der Waals surface area (Å²) in [5.41, 5.74) is 2.03. The van der Waals surface area contributed by atoms with Gasteiger partial charge in [0.1, 0.15) is 11.4 Å². The highest BCUT2D eigenvalue weighted by atomic mass is 16.5. The Morgan fingerprint density at radius 3 is 3.15 bits per heavy atom. The number of ether oxygens (including phenoxy) is 1. The van der Waals surface area contributed by atoms with E-state index in [1.807, 2.05) is 24.3 Å². The minimum absolute atomic E-state index is 0.596. The van der Waals surface area contributed by atoms with Crippen LogP contribution in [0.3, 0.4) is 0 Å². The van der Waals surface area contributed by atoms with Gasteiger partial charge in [0.15, 0.2) is 0 Å². The summed E-state index contributed by atoms with van der Waals surface area (Å²) in [7, 11) is 0. The van der Waals surface area contributed by atoms with Crippen molar-refractivity contribution < 1.29 is 4.74 Å². The van der Waals surface area contributed by atoms with E-state index in [9.17, 15) is 0 Å². The van der Waals surface area contributed by atoms with Gasteiger partial charge in [-0.05, 0) is 6.07 Å². The van der Waals surface area contributed by atoms with E-state index < -0.39 is 0 Å². The molecule has 4 heteroatoms. The summed E-state index contributed by atoms with van der Waals surface area (Å²) >= 11 is 0. The average Bonchev–Trinajstić information content (AvgIpc) is 2.61. The van der Waals surface area contributed by atoms with Crippen molar-refractivity contribution in [2.24, 2.45) is 0 Å². The number of nitrogens with one attached hydrogen (secondary N) is 1. The van der Waals surface area contributed by atoms with Gasteiger partial charge in [-0.1, -0.05) is 18.2 Å². The van der Waals surface area contributed by atoms with Crippen molar-refractivity contribution in [3.63, 3.8) is 0 Å². The molecule has 13 heavy (non-hydrogen) atoms. The van der Waals surface area contributed by atoms with Gasteiger partial charge in [0.05, 0.1) is 0 Å². The topological polar surface area (TPSA) is 50.8 Å². The summed E-state index contributed by atoms with van der Waals surface area (Å²) in [4.78, 5) is 0. The number of hydrogen-bond donors (Lipinski definition) is 1. The molecule has 3 rings (SSSR count). The van der Waals surface area contributed by atoms with Crippen LogP contribution in [0.4, 0.5) is 0 Å². The van der Waals surface area contributed by atoms with Crippen molar-refractivity contribution in [1.29, 1.82) is 0 Å². The van der Waals surface area contributed by atoms with Crippen LogP contribution in [-0.4, -0.2) is 15.4 Å². The van der Waals surface area contributed by atoms with Crippen molar-refractivity contribution in [3.8, 4) is 11.6 Å². The Kier molecular flexibility index (Phi) is 1.19. The molecular formula is C9H7N3O. The molecule has 1 N–H and O–H groups in total. The van der Waals surface area contributed by atoms with Gasteiger partial charge >= 0.3 is 0 Å². The van der Waals surface area contributed by atoms with E-state index in [1.54, 1.807) is 0 Å². The van der Waals surface area contributed by atoms with Crippen molar-refractivity contribution in [1.82, 2.24) is 15.4 Å². The van der Waals surface area contributed by atoms with Gasteiger partial charge in [0.2, 0.25) is 0 Å². The zero-order chi connectivity index (χ0) is 8.67. The molecule has 4 nitrogen and oxygen atoms in total. The minimum Gasteiger partial charge on any atom is -0.436 e. The molecule has 0 unspecified atom stereocenters. The quantitative estimate of drug-likeness (QED) is 0.560. The van der Waals surface area contributed by atoms with E-state index >= 15 is 0 Å². The molecule has 64 valence electrons. The van der Waals surface area contributed by atoms with Crippen molar-refractivity contribution >= 4 is 0 Å². The van der Waals surface area contributed by atoms with E-state index in [0.717, 1.165) is 23.4 Å². The molecule has 1 aliphatic heterocycles. The van der Waals surface area contributed by atoms with Crippen molar-refractivity contribution in [2.45, 2.75) is 6.42 Å². The third kappa shape index (κ3) is 0.917. The molecule has 0 spiro atoms. The lowest BCUT2D eigenvalue weighted by molar-refractivity contribution is 0.441. The second-order valence-electron chi connectivity index (χ2n) is 2.96. The first-order chi connectivity index (χ1) is 6.43. The predicted octanol–water partition coefficient (Wildman–Crippen LogP) is 1.50. The molecule has 0 fully saturated rings. The van der Waals surface area contributed by atoms with E-state index in [-0.39, 0.29) is 0 Å². The van der Waals surface area contributed by atoms with Gasteiger partial charge in [-0.3, -0.25) is 0 Å². The molecule has 2 heterocycles. The molecule has 0 saturated heterocycles. The zero-order valence-corrected chi connectivity index (χ0v) is 6.82. The predicted molar refractivity (Wildman–Crippen MR) is 45.7 cm³/mol. The highest BCUT2D eigenvalue weighted by molar-refractivity contribution is 5.43. The first-order valence-corrected chi connectivity index (χ1v) is 4.09. The van der Waals surface area contributed by atoms with Crippen LogP contribution in [0.5, 0.6) is 11.6 Å². The van der Waals surface area contributed by atoms with E-state index in [4.69, 9.17) is 4.74 Å². The monoisotopic (exact) mass is 173 g/mol. The first-order valence-electron chi connectivity index (χ1n) is 4.09. The van der Waals surface area contributed by atoms with Crippen LogP contribution in [0.15, 0.2) is 24.3 Å². The Morgan fingerprint density at radius 1 is 1.23 bits per heavy atom. The van der Waals surface area contributed by atoms with Gasteiger partial charge in [-0.25, -0.2) is 0 Å². The summed E-state index contributed by atoms with van der Waals surface area (Å²) in [6.07, 6.45) is 0.794. The molecule has 0 saturated carbocycles. The molecule has 1 aliphatic rings. The lowest BCUT2D eigenvalue weighted by Gasteiger charge is -2.13. The smallest absolute Gasteiger partial charge is 0.262 e. The lowest BCUT2D eigenvalue weighted by atomic mass is 10.1. The zero-order valence-electron chi connectivity index (χ0n) is 6.82. The molecule has 1 aromatic heterocycles.